The normalized spacial score (nSPS) is 19.8. The standard InChI is InChI=1S/C16H22Si/c1-4-7-14-8-5-6-9-15(14)17-16-12(2)10-11-13(16)3/h5-6,8-12H,4,7,17H2,1-3H3. The van der Waals surface area contributed by atoms with Gasteiger partial charge in [0.25, 0.3) is 0 Å². The third-order valence-electron chi connectivity index (χ3n) is 3.71. The molecule has 1 unspecified atom stereocenters. The van der Waals surface area contributed by atoms with Crippen molar-refractivity contribution < 1.29 is 0 Å². The van der Waals surface area contributed by atoms with Crippen LogP contribution in [0.1, 0.15) is 32.8 Å². The SMILES string of the molecule is CCCc1ccccc1[SiH2]C1=C(C)C=CC1C. The molecule has 0 bridgehead atoms. The van der Waals surface area contributed by atoms with Gasteiger partial charge in [0.05, 0.1) is 9.52 Å². The summed E-state index contributed by atoms with van der Waals surface area (Å²) in [6.07, 6.45) is 7.13. The highest BCUT2D eigenvalue weighted by Crippen LogP contribution is 2.23. The van der Waals surface area contributed by atoms with Gasteiger partial charge in [-0.05, 0) is 24.8 Å². The zero-order chi connectivity index (χ0) is 12.3. The highest BCUT2D eigenvalue weighted by molar-refractivity contribution is 6.62. The van der Waals surface area contributed by atoms with Crippen LogP contribution >= 0.6 is 0 Å². The van der Waals surface area contributed by atoms with E-state index in [2.05, 4.69) is 57.2 Å². The van der Waals surface area contributed by atoms with E-state index in [4.69, 9.17) is 0 Å². The van der Waals surface area contributed by atoms with Crippen LogP contribution in [-0.4, -0.2) is 9.52 Å². The third kappa shape index (κ3) is 2.78. The first-order chi connectivity index (χ1) is 8.22. The minimum atomic E-state index is -0.262. The molecule has 1 aliphatic carbocycles. The van der Waals surface area contributed by atoms with Crippen molar-refractivity contribution >= 4 is 14.7 Å². The predicted molar refractivity (Wildman–Crippen MR) is 79.6 cm³/mol. The number of benzene rings is 1. The smallest absolute Gasteiger partial charge is 0.0778 e. The molecule has 0 radical (unpaired) electrons. The number of aryl methyl sites for hydroxylation is 1. The fourth-order valence-electron chi connectivity index (χ4n) is 2.62. The molecule has 1 aromatic carbocycles. The summed E-state index contributed by atoms with van der Waals surface area (Å²) in [6.45, 7) is 6.87. The third-order valence-corrected chi connectivity index (χ3v) is 6.36. The van der Waals surface area contributed by atoms with Crippen molar-refractivity contribution in [1.29, 1.82) is 0 Å². The van der Waals surface area contributed by atoms with Crippen LogP contribution in [0.5, 0.6) is 0 Å². The topological polar surface area (TPSA) is 0 Å². The first kappa shape index (κ1) is 12.4. The lowest BCUT2D eigenvalue weighted by atomic mass is 10.1. The summed E-state index contributed by atoms with van der Waals surface area (Å²) in [4.78, 5) is 0. The Bertz CT molecular complexity index is 454. The lowest BCUT2D eigenvalue weighted by Gasteiger charge is -2.13. The monoisotopic (exact) mass is 242 g/mol. The minimum Gasteiger partial charge on any atom is -0.0778 e. The van der Waals surface area contributed by atoms with Crippen LogP contribution in [0.25, 0.3) is 0 Å². The quantitative estimate of drug-likeness (QED) is 0.712. The van der Waals surface area contributed by atoms with Gasteiger partial charge in [0.1, 0.15) is 0 Å². The van der Waals surface area contributed by atoms with Crippen LogP contribution in [0.4, 0.5) is 0 Å². The first-order valence-corrected chi connectivity index (χ1v) is 8.08. The van der Waals surface area contributed by atoms with Crippen molar-refractivity contribution in [2.24, 2.45) is 5.92 Å². The molecular weight excluding hydrogens is 220 g/mol. The highest BCUT2D eigenvalue weighted by atomic mass is 28.2. The predicted octanol–water partition coefficient (Wildman–Crippen LogP) is 2.91. The molecule has 1 aromatic rings. The molecule has 0 heterocycles. The van der Waals surface area contributed by atoms with E-state index in [1.54, 1.807) is 15.9 Å². The molecule has 0 nitrogen and oxygen atoms in total. The van der Waals surface area contributed by atoms with E-state index in [1.807, 2.05) is 0 Å². The second kappa shape index (κ2) is 5.50. The fraction of sp³-hybridized carbons (Fsp3) is 0.375. The summed E-state index contributed by atoms with van der Waals surface area (Å²) in [6, 6.07) is 9.04. The van der Waals surface area contributed by atoms with E-state index < -0.39 is 0 Å². The number of hydrogen-bond donors (Lipinski definition) is 0. The van der Waals surface area contributed by atoms with Gasteiger partial charge in [-0.15, -0.1) is 0 Å². The largest absolute Gasteiger partial charge is 0.0838 e. The second-order valence-electron chi connectivity index (χ2n) is 5.05. The van der Waals surface area contributed by atoms with Crippen molar-refractivity contribution in [2.45, 2.75) is 33.6 Å². The maximum atomic E-state index is 2.35. The number of allylic oxidation sites excluding steroid dienone is 4. The van der Waals surface area contributed by atoms with Gasteiger partial charge in [0, 0.05) is 0 Å². The van der Waals surface area contributed by atoms with Gasteiger partial charge >= 0.3 is 0 Å². The van der Waals surface area contributed by atoms with Gasteiger partial charge in [-0.25, -0.2) is 0 Å². The van der Waals surface area contributed by atoms with Crippen LogP contribution in [0.15, 0.2) is 47.2 Å². The molecule has 1 aliphatic rings. The highest BCUT2D eigenvalue weighted by Gasteiger charge is 2.15. The zero-order valence-electron chi connectivity index (χ0n) is 11.2. The van der Waals surface area contributed by atoms with Gasteiger partial charge < -0.3 is 0 Å². The van der Waals surface area contributed by atoms with E-state index in [0.29, 0.717) is 5.92 Å². The lowest BCUT2D eigenvalue weighted by molar-refractivity contribution is 0.922. The Morgan fingerprint density at radius 3 is 2.65 bits per heavy atom. The average molecular weight is 242 g/mol. The fourth-order valence-corrected chi connectivity index (χ4v) is 4.66. The molecule has 0 saturated heterocycles. The van der Waals surface area contributed by atoms with E-state index in [1.165, 1.54) is 18.4 Å². The first-order valence-electron chi connectivity index (χ1n) is 6.67. The summed E-state index contributed by atoms with van der Waals surface area (Å²) >= 11 is 0. The molecule has 2 rings (SSSR count). The maximum Gasteiger partial charge on any atom is 0.0838 e. The van der Waals surface area contributed by atoms with Crippen LogP contribution in [0.2, 0.25) is 0 Å². The van der Waals surface area contributed by atoms with E-state index in [0.717, 1.165) is 0 Å². The summed E-state index contributed by atoms with van der Waals surface area (Å²) < 4.78 is 0. The molecule has 0 fully saturated rings. The summed E-state index contributed by atoms with van der Waals surface area (Å²) in [5.41, 5.74) is 3.11. The Balaban J connectivity index is 2.22. The maximum absolute atomic E-state index is 2.35. The molecule has 17 heavy (non-hydrogen) atoms. The molecular formula is C16H22Si. The van der Waals surface area contributed by atoms with Gasteiger partial charge in [0.2, 0.25) is 0 Å². The van der Waals surface area contributed by atoms with Gasteiger partial charge in [0.15, 0.2) is 0 Å². The summed E-state index contributed by atoms with van der Waals surface area (Å²) in [5, 5.41) is 3.38. The molecule has 0 N–H and O–H groups in total. The average Bonchev–Trinajstić information content (AvgIpc) is 2.64. The number of hydrogen-bond acceptors (Lipinski definition) is 0. The molecule has 0 aliphatic heterocycles. The Kier molecular flexibility index (Phi) is 4.00. The molecule has 1 heteroatoms. The van der Waals surface area contributed by atoms with E-state index in [-0.39, 0.29) is 9.52 Å². The Labute approximate surface area is 107 Å². The van der Waals surface area contributed by atoms with Crippen LogP contribution in [0, 0.1) is 5.92 Å². The van der Waals surface area contributed by atoms with Crippen molar-refractivity contribution in [3.63, 3.8) is 0 Å². The Morgan fingerprint density at radius 1 is 1.24 bits per heavy atom. The van der Waals surface area contributed by atoms with Gasteiger partial charge in [-0.1, -0.05) is 72.6 Å². The molecule has 0 aromatic heterocycles. The van der Waals surface area contributed by atoms with Crippen molar-refractivity contribution in [2.75, 3.05) is 0 Å². The zero-order valence-corrected chi connectivity index (χ0v) is 12.6. The Hall–Kier alpha value is -1.08. The summed E-state index contributed by atoms with van der Waals surface area (Å²) in [5.74, 6) is 0.677. The van der Waals surface area contributed by atoms with Crippen molar-refractivity contribution in [3.05, 3.63) is 52.8 Å². The van der Waals surface area contributed by atoms with Crippen LogP contribution < -0.4 is 5.19 Å². The lowest BCUT2D eigenvalue weighted by Crippen LogP contribution is -2.23. The minimum absolute atomic E-state index is 0.262. The van der Waals surface area contributed by atoms with E-state index >= 15 is 0 Å². The van der Waals surface area contributed by atoms with Crippen LogP contribution in [0.3, 0.4) is 0 Å². The molecule has 90 valence electrons. The second-order valence-corrected chi connectivity index (χ2v) is 6.93. The molecule has 0 spiro atoms. The van der Waals surface area contributed by atoms with Crippen molar-refractivity contribution in [3.8, 4) is 0 Å². The summed E-state index contributed by atoms with van der Waals surface area (Å²) in [7, 11) is -0.262. The van der Waals surface area contributed by atoms with Gasteiger partial charge in [-0.3, -0.25) is 0 Å². The van der Waals surface area contributed by atoms with Crippen LogP contribution in [-0.2, 0) is 6.42 Å². The van der Waals surface area contributed by atoms with Crippen molar-refractivity contribution in [1.82, 2.24) is 0 Å². The number of rotatable bonds is 4. The molecule has 0 saturated carbocycles. The molecule has 1 atom stereocenters. The molecule has 0 amide bonds. The Morgan fingerprint density at radius 2 is 2.00 bits per heavy atom. The van der Waals surface area contributed by atoms with E-state index in [9.17, 15) is 0 Å². The van der Waals surface area contributed by atoms with Gasteiger partial charge in [-0.2, -0.15) is 0 Å².